The van der Waals surface area contributed by atoms with Crippen LogP contribution in [0.3, 0.4) is 0 Å². The fraction of sp³-hybridized carbons (Fsp3) is 0.600. The molecule has 1 aromatic rings. The summed E-state index contributed by atoms with van der Waals surface area (Å²) >= 11 is 0. The number of aromatic amines is 1. The summed E-state index contributed by atoms with van der Waals surface area (Å²) in [5.74, 6) is 0.758. The predicted molar refractivity (Wildman–Crippen MR) is 64.4 cm³/mol. The van der Waals surface area contributed by atoms with E-state index < -0.39 is 15.3 Å². The highest BCUT2D eigenvalue weighted by Crippen LogP contribution is 2.40. The molecule has 3 rings (SSSR count). The van der Waals surface area contributed by atoms with Gasteiger partial charge >= 0.3 is 0 Å². The van der Waals surface area contributed by atoms with E-state index in [4.69, 9.17) is 5.14 Å². The molecule has 0 bridgehead atoms. The third-order valence-electron chi connectivity index (χ3n) is 3.43. The SMILES string of the molecule is NS(=O)(=O)C1CC(=O)N(c2cc(C3CC3)[nH]n2)C1. The Morgan fingerprint density at radius 2 is 2.17 bits per heavy atom. The number of primary sulfonamides is 1. The fourth-order valence-electron chi connectivity index (χ4n) is 2.18. The number of hydrogen-bond acceptors (Lipinski definition) is 4. The number of amides is 1. The van der Waals surface area contributed by atoms with Crippen LogP contribution in [0.1, 0.15) is 30.9 Å². The molecule has 1 aliphatic carbocycles. The van der Waals surface area contributed by atoms with Crippen molar-refractivity contribution in [1.29, 1.82) is 0 Å². The number of carbonyl (C=O) groups excluding carboxylic acids is 1. The van der Waals surface area contributed by atoms with E-state index >= 15 is 0 Å². The predicted octanol–water partition coefficient (Wildman–Crippen LogP) is -0.319. The van der Waals surface area contributed by atoms with Gasteiger partial charge in [-0.15, -0.1) is 0 Å². The lowest BCUT2D eigenvalue weighted by atomic mass is 10.3. The number of rotatable bonds is 3. The molecule has 0 aromatic carbocycles. The molecule has 2 aliphatic rings. The molecule has 1 saturated carbocycles. The van der Waals surface area contributed by atoms with Crippen LogP contribution in [0.15, 0.2) is 6.07 Å². The highest BCUT2D eigenvalue weighted by atomic mass is 32.2. The molecule has 0 spiro atoms. The van der Waals surface area contributed by atoms with Crippen LogP contribution < -0.4 is 10.0 Å². The van der Waals surface area contributed by atoms with Gasteiger partial charge in [-0.05, 0) is 12.8 Å². The summed E-state index contributed by atoms with van der Waals surface area (Å²) in [5, 5.41) is 11.2. The molecule has 1 amide bonds. The van der Waals surface area contributed by atoms with Gasteiger partial charge in [-0.1, -0.05) is 0 Å². The van der Waals surface area contributed by atoms with Crippen LogP contribution in [-0.4, -0.2) is 36.3 Å². The number of carbonyl (C=O) groups is 1. The summed E-state index contributed by atoms with van der Waals surface area (Å²) in [7, 11) is -3.67. The second-order valence-electron chi connectivity index (χ2n) is 4.88. The molecule has 7 nitrogen and oxygen atoms in total. The molecule has 1 unspecified atom stereocenters. The van der Waals surface area contributed by atoms with Crippen LogP contribution in [0.25, 0.3) is 0 Å². The monoisotopic (exact) mass is 270 g/mol. The van der Waals surface area contributed by atoms with Gasteiger partial charge in [0.25, 0.3) is 0 Å². The smallest absolute Gasteiger partial charge is 0.229 e. The van der Waals surface area contributed by atoms with Crippen molar-refractivity contribution in [2.24, 2.45) is 5.14 Å². The van der Waals surface area contributed by atoms with E-state index in [1.165, 1.54) is 4.90 Å². The molecule has 1 aliphatic heterocycles. The molecule has 1 saturated heterocycles. The van der Waals surface area contributed by atoms with Crippen LogP contribution in [0.5, 0.6) is 0 Å². The maximum absolute atomic E-state index is 11.8. The van der Waals surface area contributed by atoms with Gasteiger partial charge in [0, 0.05) is 30.6 Å². The number of sulfonamides is 1. The Hall–Kier alpha value is -1.41. The normalized spacial score (nSPS) is 24.8. The number of hydrogen-bond donors (Lipinski definition) is 2. The van der Waals surface area contributed by atoms with E-state index in [0.29, 0.717) is 11.7 Å². The van der Waals surface area contributed by atoms with Crippen molar-refractivity contribution in [2.75, 3.05) is 11.4 Å². The summed E-state index contributed by atoms with van der Waals surface area (Å²) in [5.41, 5.74) is 1.01. The molecular formula is C10H14N4O3S. The Balaban J connectivity index is 1.81. The maximum atomic E-state index is 11.8. The zero-order valence-corrected chi connectivity index (χ0v) is 10.5. The van der Waals surface area contributed by atoms with Crippen molar-refractivity contribution in [1.82, 2.24) is 10.2 Å². The van der Waals surface area contributed by atoms with Crippen molar-refractivity contribution in [3.63, 3.8) is 0 Å². The third-order valence-corrected chi connectivity index (χ3v) is 4.68. The highest BCUT2D eigenvalue weighted by molar-refractivity contribution is 7.89. The number of nitrogens with one attached hydrogen (secondary N) is 1. The zero-order chi connectivity index (χ0) is 12.9. The average Bonchev–Trinajstić information content (AvgIpc) is 2.86. The first kappa shape index (κ1) is 11.7. The Morgan fingerprint density at radius 1 is 1.44 bits per heavy atom. The van der Waals surface area contributed by atoms with Gasteiger partial charge in [-0.2, -0.15) is 5.10 Å². The van der Waals surface area contributed by atoms with E-state index in [1.807, 2.05) is 6.07 Å². The van der Waals surface area contributed by atoms with Crippen molar-refractivity contribution in [3.8, 4) is 0 Å². The quantitative estimate of drug-likeness (QED) is 0.784. The van der Waals surface area contributed by atoms with Gasteiger partial charge in [0.15, 0.2) is 5.82 Å². The van der Waals surface area contributed by atoms with E-state index in [2.05, 4.69) is 10.2 Å². The van der Waals surface area contributed by atoms with Crippen LogP contribution >= 0.6 is 0 Å². The molecule has 18 heavy (non-hydrogen) atoms. The second kappa shape index (κ2) is 3.79. The lowest BCUT2D eigenvalue weighted by Gasteiger charge is -2.12. The zero-order valence-electron chi connectivity index (χ0n) is 9.67. The van der Waals surface area contributed by atoms with Crippen molar-refractivity contribution >= 4 is 21.7 Å². The van der Waals surface area contributed by atoms with Gasteiger partial charge in [0.2, 0.25) is 15.9 Å². The van der Waals surface area contributed by atoms with E-state index in [9.17, 15) is 13.2 Å². The minimum Gasteiger partial charge on any atom is -0.294 e. The summed E-state index contributed by atoms with van der Waals surface area (Å²) in [4.78, 5) is 13.2. The van der Waals surface area contributed by atoms with Crippen LogP contribution in [0.2, 0.25) is 0 Å². The van der Waals surface area contributed by atoms with Gasteiger partial charge in [0.1, 0.15) is 5.25 Å². The van der Waals surface area contributed by atoms with Crippen molar-refractivity contribution in [2.45, 2.75) is 30.4 Å². The number of nitrogens with zero attached hydrogens (tertiary/aromatic N) is 2. The first-order valence-corrected chi connectivity index (χ1v) is 7.43. The summed E-state index contributed by atoms with van der Waals surface area (Å²) in [6.45, 7) is 0.0899. The Kier molecular flexibility index (Phi) is 2.46. The van der Waals surface area contributed by atoms with E-state index in [-0.39, 0.29) is 18.9 Å². The van der Waals surface area contributed by atoms with Crippen molar-refractivity contribution < 1.29 is 13.2 Å². The van der Waals surface area contributed by atoms with Crippen LogP contribution in [0.4, 0.5) is 5.82 Å². The fourth-order valence-corrected chi connectivity index (χ4v) is 2.92. The molecule has 1 aromatic heterocycles. The molecule has 98 valence electrons. The molecular weight excluding hydrogens is 256 g/mol. The first-order valence-electron chi connectivity index (χ1n) is 5.82. The summed E-state index contributed by atoms with van der Waals surface area (Å²) < 4.78 is 22.5. The minimum atomic E-state index is -3.67. The van der Waals surface area contributed by atoms with Gasteiger partial charge in [-0.25, -0.2) is 13.6 Å². The Morgan fingerprint density at radius 3 is 2.72 bits per heavy atom. The van der Waals surface area contributed by atoms with Crippen LogP contribution in [0, 0.1) is 0 Å². The highest BCUT2D eigenvalue weighted by Gasteiger charge is 2.38. The maximum Gasteiger partial charge on any atom is 0.229 e. The number of aromatic nitrogens is 2. The van der Waals surface area contributed by atoms with Gasteiger partial charge in [0.05, 0.1) is 0 Å². The average molecular weight is 270 g/mol. The summed E-state index contributed by atoms with van der Waals surface area (Å²) in [6.07, 6.45) is 2.20. The van der Waals surface area contributed by atoms with Gasteiger partial charge < -0.3 is 0 Å². The van der Waals surface area contributed by atoms with E-state index in [1.54, 1.807) is 0 Å². The molecule has 1 atom stereocenters. The Labute approximate surface area is 104 Å². The molecule has 8 heteroatoms. The van der Waals surface area contributed by atoms with Crippen molar-refractivity contribution in [3.05, 3.63) is 11.8 Å². The van der Waals surface area contributed by atoms with Gasteiger partial charge in [-0.3, -0.25) is 14.8 Å². The lowest BCUT2D eigenvalue weighted by Crippen LogP contribution is -2.32. The Bertz CT molecular complexity index is 590. The second-order valence-corrected chi connectivity index (χ2v) is 6.72. The summed E-state index contributed by atoms with van der Waals surface area (Å²) in [6, 6.07) is 1.82. The largest absolute Gasteiger partial charge is 0.294 e. The molecule has 2 fully saturated rings. The van der Waals surface area contributed by atoms with Crippen LogP contribution in [-0.2, 0) is 14.8 Å². The minimum absolute atomic E-state index is 0.0650. The number of nitrogens with two attached hydrogens (primary N) is 1. The lowest BCUT2D eigenvalue weighted by molar-refractivity contribution is -0.117. The van der Waals surface area contributed by atoms with E-state index in [0.717, 1.165) is 18.5 Å². The number of anilines is 1. The molecule has 0 radical (unpaired) electrons. The molecule has 3 N–H and O–H groups in total. The standard InChI is InChI=1S/C10H14N4O3S/c11-18(16,17)7-3-10(15)14(5-7)9-4-8(12-13-9)6-1-2-6/h4,6-7H,1-3,5H2,(H,12,13)(H2,11,16,17). The number of H-pyrrole nitrogens is 1. The molecule has 2 heterocycles. The topological polar surface area (TPSA) is 109 Å². The first-order chi connectivity index (χ1) is 8.45. The third kappa shape index (κ3) is 2.01.